The van der Waals surface area contributed by atoms with E-state index in [2.05, 4.69) is 12.2 Å². The van der Waals surface area contributed by atoms with E-state index in [-0.39, 0.29) is 6.09 Å². The molecule has 1 aliphatic heterocycles. The van der Waals surface area contributed by atoms with Gasteiger partial charge in [0.1, 0.15) is 6.61 Å². The second-order valence-electron chi connectivity index (χ2n) is 6.51. The van der Waals surface area contributed by atoms with Gasteiger partial charge in [0.2, 0.25) is 0 Å². The largest absolute Gasteiger partial charge is 0.445 e. The highest BCUT2D eigenvalue weighted by Gasteiger charge is 2.39. The van der Waals surface area contributed by atoms with E-state index in [1.165, 1.54) is 12.8 Å². The van der Waals surface area contributed by atoms with Gasteiger partial charge >= 0.3 is 6.09 Å². The van der Waals surface area contributed by atoms with Gasteiger partial charge in [-0.25, -0.2) is 4.79 Å². The Morgan fingerprint density at radius 2 is 1.95 bits per heavy atom. The highest BCUT2D eigenvalue weighted by atomic mass is 16.6. The maximum Gasteiger partial charge on any atom is 0.410 e. The van der Waals surface area contributed by atoms with Gasteiger partial charge in [-0.3, -0.25) is 0 Å². The smallest absolute Gasteiger partial charge is 0.410 e. The number of carbonyl (C=O) groups excluding carboxylic acids is 1. The Kier molecular flexibility index (Phi) is 4.15. The van der Waals surface area contributed by atoms with Crippen LogP contribution in [0.25, 0.3) is 0 Å². The van der Waals surface area contributed by atoms with Gasteiger partial charge in [0.25, 0.3) is 0 Å². The Morgan fingerprint density at radius 1 is 1.29 bits per heavy atom. The van der Waals surface area contributed by atoms with Gasteiger partial charge in [-0.15, -0.1) is 0 Å². The van der Waals surface area contributed by atoms with Crippen LogP contribution in [-0.4, -0.2) is 35.7 Å². The third-order valence-electron chi connectivity index (χ3n) is 4.51. The average Bonchev–Trinajstić information content (AvgIpc) is 3.24. The van der Waals surface area contributed by atoms with Crippen molar-refractivity contribution in [1.29, 1.82) is 0 Å². The van der Waals surface area contributed by atoms with Crippen LogP contribution in [0.5, 0.6) is 0 Å². The number of carbonyl (C=O) groups is 1. The Balaban J connectivity index is 1.40. The Labute approximate surface area is 126 Å². The first-order valence-corrected chi connectivity index (χ1v) is 7.88. The van der Waals surface area contributed by atoms with Gasteiger partial charge in [0, 0.05) is 24.7 Å². The fourth-order valence-electron chi connectivity index (χ4n) is 2.84. The standard InChI is InChI=1S/C17H24N2O2/c1-17(9-10-17)18-15-7-11-19(12-8-15)16(20)21-13-14-5-3-2-4-6-14/h2-6,15,18H,7-13H2,1H3. The van der Waals surface area contributed by atoms with Crippen molar-refractivity contribution in [2.24, 2.45) is 0 Å². The summed E-state index contributed by atoms with van der Waals surface area (Å²) in [4.78, 5) is 13.9. The molecule has 1 aromatic rings. The molecule has 0 radical (unpaired) electrons. The topological polar surface area (TPSA) is 41.6 Å². The molecule has 1 aliphatic carbocycles. The van der Waals surface area contributed by atoms with Crippen LogP contribution < -0.4 is 5.32 Å². The summed E-state index contributed by atoms with van der Waals surface area (Å²) in [5.41, 5.74) is 1.41. The highest BCUT2D eigenvalue weighted by Crippen LogP contribution is 2.35. The van der Waals surface area contributed by atoms with E-state index in [4.69, 9.17) is 4.74 Å². The number of benzene rings is 1. The molecule has 1 saturated heterocycles. The van der Waals surface area contributed by atoms with E-state index < -0.39 is 0 Å². The van der Waals surface area contributed by atoms with Crippen LogP contribution in [-0.2, 0) is 11.3 Å². The number of hydrogen-bond donors (Lipinski definition) is 1. The molecule has 1 heterocycles. The van der Waals surface area contributed by atoms with E-state index in [0.29, 0.717) is 18.2 Å². The maximum absolute atomic E-state index is 12.1. The van der Waals surface area contributed by atoms with Crippen LogP contribution in [0.15, 0.2) is 30.3 Å². The minimum absolute atomic E-state index is 0.185. The molecular formula is C17H24N2O2. The fraction of sp³-hybridized carbons (Fsp3) is 0.588. The van der Waals surface area contributed by atoms with Crippen LogP contribution in [0.4, 0.5) is 4.79 Å². The summed E-state index contributed by atoms with van der Waals surface area (Å²) in [7, 11) is 0. The molecule has 0 spiro atoms. The Hall–Kier alpha value is -1.55. The van der Waals surface area contributed by atoms with Gasteiger partial charge < -0.3 is 15.0 Å². The second kappa shape index (κ2) is 6.06. The number of hydrogen-bond acceptors (Lipinski definition) is 3. The van der Waals surface area contributed by atoms with Crippen molar-refractivity contribution in [1.82, 2.24) is 10.2 Å². The van der Waals surface area contributed by atoms with E-state index in [9.17, 15) is 4.79 Å². The number of likely N-dealkylation sites (tertiary alicyclic amines) is 1. The van der Waals surface area contributed by atoms with Crippen LogP contribution in [0.2, 0.25) is 0 Å². The summed E-state index contributed by atoms with van der Waals surface area (Å²) < 4.78 is 5.38. The zero-order chi connectivity index (χ0) is 14.7. The molecule has 1 saturated carbocycles. The third-order valence-corrected chi connectivity index (χ3v) is 4.51. The highest BCUT2D eigenvalue weighted by molar-refractivity contribution is 5.67. The summed E-state index contributed by atoms with van der Waals surface area (Å²) in [6.07, 6.45) is 4.43. The number of amides is 1. The predicted molar refractivity (Wildman–Crippen MR) is 82.0 cm³/mol. The molecule has 0 unspecified atom stereocenters. The normalized spacial score (nSPS) is 21.1. The van der Waals surface area contributed by atoms with E-state index in [0.717, 1.165) is 31.5 Å². The van der Waals surface area contributed by atoms with E-state index >= 15 is 0 Å². The molecule has 0 atom stereocenters. The van der Waals surface area contributed by atoms with Crippen LogP contribution in [0.3, 0.4) is 0 Å². The molecule has 4 nitrogen and oxygen atoms in total. The molecule has 0 aromatic heterocycles. The minimum atomic E-state index is -0.185. The van der Waals surface area contributed by atoms with Crippen molar-refractivity contribution in [2.75, 3.05) is 13.1 Å². The van der Waals surface area contributed by atoms with Crippen LogP contribution >= 0.6 is 0 Å². The van der Waals surface area contributed by atoms with Crippen molar-refractivity contribution in [3.05, 3.63) is 35.9 Å². The van der Waals surface area contributed by atoms with E-state index in [1.807, 2.05) is 35.2 Å². The van der Waals surface area contributed by atoms with E-state index in [1.54, 1.807) is 0 Å². The minimum Gasteiger partial charge on any atom is -0.445 e. The zero-order valence-electron chi connectivity index (χ0n) is 12.7. The molecule has 21 heavy (non-hydrogen) atoms. The fourth-order valence-corrected chi connectivity index (χ4v) is 2.84. The third kappa shape index (κ3) is 3.97. The van der Waals surface area contributed by atoms with Gasteiger partial charge in [0.15, 0.2) is 0 Å². The van der Waals surface area contributed by atoms with Crippen molar-refractivity contribution < 1.29 is 9.53 Å². The molecule has 1 amide bonds. The number of nitrogens with zero attached hydrogens (tertiary/aromatic N) is 1. The molecule has 114 valence electrons. The van der Waals surface area contributed by atoms with Crippen LogP contribution in [0.1, 0.15) is 38.2 Å². The first kappa shape index (κ1) is 14.4. The first-order valence-electron chi connectivity index (χ1n) is 7.88. The lowest BCUT2D eigenvalue weighted by molar-refractivity contribution is 0.0844. The lowest BCUT2D eigenvalue weighted by atomic mass is 10.0. The lowest BCUT2D eigenvalue weighted by Gasteiger charge is -2.33. The summed E-state index contributed by atoms with van der Waals surface area (Å²) in [6, 6.07) is 10.4. The SMILES string of the molecule is CC1(NC2CCN(C(=O)OCc3ccccc3)CC2)CC1. The Bertz CT molecular complexity index is 477. The van der Waals surface area contributed by atoms with Crippen molar-refractivity contribution in [3.63, 3.8) is 0 Å². The van der Waals surface area contributed by atoms with Crippen LogP contribution in [0, 0.1) is 0 Å². The molecule has 2 aliphatic rings. The molecule has 1 aromatic carbocycles. The average molecular weight is 288 g/mol. The van der Waals surface area contributed by atoms with Gasteiger partial charge in [0.05, 0.1) is 0 Å². The second-order valence-corrected chi connectivity index (χ2v) is 6.51. The number of ether oxygens (including phenoxy) is 1. The maximum atomic E-state index is 12.1. The summed E-state index contributed by atoms with van der Waals surface area (Å²) in [6.45, 7) is 4.23. The quantitative estimate of drug-likeness (QED) is 0.926. The lowest BCUT2D eigenvalue weighted by Crippen LogP contribution is -2.48. The number of rotatable bonds is 4. The van der Waals surface area contributed by atoms with Crippen molar-refractivity contribution in [2.45, 2.75) is 50.8 Å². The van der Waals surface area contributed by atoms with Gasteiger partial charge in [-0.05, 0) is 38.2 Å². The predicted octanol–water partition coefficient (Wildman–Crippen LogP) is 2.93. The zero-order valence-corrected chi connectivity index (χ0v) is 12.7. The van der Waals surface area contributed by atoms with Crippen molar-refractivity contribution in [3.8, 4) is 0 Å². The first-order chi connectivity index (χ1) is 10.1. The summed E-state index contributed by atoms with van der Waals surface area (Å²) in [5, 5.41) is 3.71. The van der Waals surface area contributed by atoms with Gasteiger partial charge in [-0.2, -0.15) is 0 Å². The monoisotopic (exact) mass is 288 g/mol. The molecule has 2 fully saturated rings. The summed E-state index contributed by atoms with van der Waals surface area (Å²) in [5.74, 6) is 0. The number of nitrogens with one attached hydrogen (secondary N) is 1. The molecule has 3 rings (SSSR count). The number of piperidine rings is 1. The molecule has 0 bridgehead atoms. The van der Waals surface area contributed by atoms with Gasteiger partial charge in [-0.1, -0.05) is 30.3 Å². The molecule has 4 heteroatoms. The molecule has 1 N–H and O–H groups in total. The summed E-state index contributed by atoms with van der Waals surface area (Å²) >= 11 is 0. The van der Waals surface area contributed by atoms with Crippen molar-refractivity contribution >= 4 is 6.09 Å². The molecular weight excluding hydrogens is 264 g/mol. The Morgan fingerprint density at radius 3 is 2.57 bits per heavy atom.